The maximum atomic E-state index is 13.2. The lowest BCUT2D eigenvalue weighted by molar-refractivity contribution is 0.0531. The van der Waals surface area contributed by atoms with Crippen LogP contribution in [0, 0.1) is 0 Å². The molecule has 0 saturated carbocycles. The van der Waals surface area contributed by atoms with E-state index in [0.717, 1.165) is 19.5 Å². The summed E-state index contributed by atoms with van der Waals surface area (Å²) in [5.41, 5.74) is 3.47. The number of nitrogens with one attached hydrogen (secondary N) is 1. The van der Waals surface area contributed by atoms with E-state index in [1.165, 1.54) is 16.8 Å². The van der Waals surface area contributed by atoms with Gasteiger partial charge in [0.2, 0.25) is 0 Å². The highest BCUT2D eigenvalue weighted by molar-refractivity contribution is 5.68. The van der Waals surface area contributed by atoms with Gasteiger partial charge in [-0.2, -0.15) is 0 Å². The Morgan fingerprint density at radius 1 is 1.17 bits per heavy atom. The topological polar surface area (TPSA) is 50.8 Å². The molecule has 1 aliphatic heterocycles. The summed E-state index contributed by atoms with van der Waals surface area (Å²) in [6.45, 7) is 7.21. The fourth-order valence-corrected chi connectivity index (χ4v) is 3.28. The van der Waals surface area contributed by atoms with Gasteiger partial charge in [0.25, 0.3) is 0 Å². The van der Waals surface area contributed by atoms with Crippen LogP contribution in [-0.2, 0) is 17.7 Å². The molecule has 2 aromatic carbocycles. The zero-order valence-corrected chi connectivity index (χ0v) is 17.8. The van der Waals surface area contributed by atoms with Gasteiger partial charge in [-0.25, -0.2) is 9.18 Å². The van der Waals surface area contributed by atoms with Crippen LogP contribution in [0.5, 0.6) is 5.75 Å². The lowest BCUT2D eigenvalue weighted by atomic mass is 9.99. The second kappa shape index (κ2) is 9.65. The number of anilines is 1. The second-order valence-corrected chi connectivity index (χ2v) is 8.35. The number of ether oxygens (including phenoxy) is 2. The van der Waals surface area contributed by atoms with Crippen LogP contribution in [-0.4, -0.2) is 31.4 Å². The zero-order chi connectivity index (χ0) is 21.6. The standard InChI is InChI=1S/C24H29FN2O3/c1-24(2,3)30-23(28)26-15-18(14-25)17-29-22-10-9-20-16-27(12-11-19(20)13-22)21-7-5-4-6-8-21/h4-10,13-14H,11-12,15-17H2,1-3H3,(H,26,28)/b18-14+. The number of carbonyl (C=O) groups is 1. The van der Waals surface area contributed by atoms with Gasteiger partial charge in [0.05, 0.1) is 6.33 Å². The molecule has 0 radical (unpaired) electrons. The summed E-state index contributed by atoms with van der Waals surface area (Å²) < 4.78 is 24.1. The van der Waals surface area contributed by atoms with Crippen molar-refractivity contribution in [2.24, 2.45) is 0 Å². The van der Waals surface area contributed by atoms with Crippen LogP contribution in [0.4, 0.5) is 14.9 Å². The summed E-state index contributed by atoms with van der Waals surface area (Å²) in [5, 5.41) is 2.54. The van der Waals surface area contributed by atoms with Crippen LogP contribution >= 0.6 is 0 Å². The van der Waals surface area contributed by atoms with E-state index in [2.05, 4.69) is 40.5 Å². The summed E-state index contributed by atoms with van der Waals surface area (Å²) in [7, 11) is 0. The number of halogens is 1. The quantitative estimate of drug-likeness (QED) is 0.725. The number of hydrogen-bond acceptors (Lipinski definition) is 4. The third-order valence-electron chi connectivity index (χ3n) is 4.75. The molecule has 0 saturated heterocycles. The monoisotopic (exact) mass is 412 g/mol. The minimum atomic E-state index is -0.598. The molecule has 0 bridgehead atoms. The van der Waals surface area contributed by atoms with Crippen LogP contribution in [0.15, 0.2) is 60.4 Å². The van der Waals surface area contributed by atoms with Crippen molar-refractivity contribution in [1.29, 1.82) is 0 Å². The Kier molecular flexibility index (Phi) is 6.98. The molecular formula is C24H29FN2O3. The molecular weight excluding hydrogens is 383 g/mol. The average molecular weight is 413 g/mol. The Bertz CT molecular complexity index is 891. The highest BCUT2D eigenvalue weighted by Gasteiger charge is 2.18. The molecule has 0 spiro atoms. The molecule has 1 heterocycles. The molecule has 0 fully saturated rings. The number of para-hydroxylation sites is 1. The van der Waals surface area contributed by atoms with E-state index in [-0.39, 0.29) is 13.2 Å². The molecule has 5 nitrogen and oxygen atoms in total. The van der Waals surface area contributed by atoms with Crippen molar-refractivity contribution in [2.45, 2.75) is 39.3 Å². The summed E-state index contributed by atoms with van der Waals surface area (Å²) in [6, 6.07) is 16.4. The minimum Gasteiger partial charge on any atom is -0.489 e. The van der Waals surface area contributed by atoms with Gasteiger partial charge in [0, 0.05) is 30.9 Å². The van der Waals surface area contributed by atoms with Crippen molar-refractivity contribution >= 4 is 11.8 Å². The lowest BCUT2D eigenvalue weighted by Gasteiger charge is -2.31. The Hall–Kier alpha value is -3.02. The number of hydrogen-bond donors (Lipinski definition) is 1. The van der Waals surface area contributed by atoms with Crippen LogP contribution in [0.2, 0.25) is 0 Å². The predicted octanol–water partition coefficient (Wildman–Crippen LogP) is 5.01. The molecule has 2 aromatic rings. The summed E-state index contributed by atoms with van der Waals surface area (Å²) >= 11 is 0. The summed E-state index contributed by atoms with van der Waals surface area (Å²) in [4.78, 5) is 14.1. The molecule has 1 amide bonds. The highest BCUT2D eigenvalue weighted by Crippen LogP contribution is 2.27. The molecule has 3 rings (SSSR count). The van der Waals surface area contributed by atoms with E-state index in [4.69, 9.17) is 9.47 Å². The summed E-state index contributed by atoms with van der Waals surface area (Å²) in [5.74, 6) is 0.693. The van der Waals surface area contributed by atoms with Gasteiger partial charge in [-0.05, 0) is 62.6 Å². The third kappa shape index (κ3) is 6.24. The number of rotatable bonds is 6. The number of alkyl carbamates (subject to hydrolysis) is 1. The molecule has 6 heteroatoms. The van der Waals surface area contributed by atoms with Crippen molar-refractivity contribution in [1.82, 2.24) is 5.32 Å². The van der Waals surface area contributed by atoms with Crippen LogP contribution in [0.3, 0.4) is 0 Å². The van der Waals surface area contributed by atoms with E-state index >= 15 is 0 Å². The third-order valence-corrected chi connectivity index (χ3v) is 4.75. The maximum Gasteiger partial charge on any atom is 0.407 e. The van der Waals surface area contributed by atoms with Crippen LogP contribution in [0.1, 0.15) is 31.9 Å². The van der Waals surface area contributed by atoms with Crippen LogP contribution < -0.4 is 15.0 Å². The zero-order valence-electron chi connectivity index (χ0n) is 17.8. The number of nitrogens with zero attached hydrogens (tertiary/aromatic N) is 1. The predicted molar refractivity (Wildman–Crippen MR) is 117 cm³/mol. The van der Waals surface area contributed by atoms with Gasteiger partial charge < -0.3 is 19.7 Å². The maximum absolute atomic E-state index is 13.2. The van der Waals surface area contributed by atoms with Gasteiger partial charge in [-0.3, -0.25) is 0 Å². The Balaban J connectivity index is 1.52. The van der Waals surface area contributed by atoms with Gasteiger partial charge >= 0.3 is 6.09 Å². The number of carbonyl (C=O) groups excluding carboxylic acids is 1. The van der Waals surface area contributed by atoms with Crippen molar-refractivity contribution < 1.29 is 18.7 Å². The molecule has 1 N–H and O–H groups in total. The SMILES string of the molecule is CC(C)(C)OC(=O)NC/C(=C\F)COc1ccc2c(c1)CCN(c1ccccc1)C2. The second-order valence-electron chi connectivity index (χ2n) is 8.35. The van der Waals surface area contributed by atoms with Gasteiger partial charge in [-0.15, -0.1) is 0 Å². The van der Waals surface area contributed by atoms with Crippen molar-refractivity contribution in [3.63, 3.8) is 0 Å². The smallest absolute Gasteiger partial charge is 0.407 e. The van der Waals surface area contributed by atoms with Gasteiger partial charge in [-0.1, -0.05) is 24.3 Å². The minimum absolute atomic E-state index is 0.0301. The number of fused-ring (bicyclic) bond motifs is 1. The fourth-order valence-electron chi connectivity index (χ4n) is 3.28. The number of amides is 1. The van der Waals surface area contributed by atoms with E-state index in [0.29, 0.717) is 17.7 Å². The first-order valence-corrected chi connectivity index (χ1v) is 10.1. The average Bonchev–Trinajstić information content (AvgIpc) is 2.72. The first-order valence-electron chi connectivity index (χ1n) is 10.1. The Labute approximate surface area is 177 Å². The molecule has 0 unspecified atom stereocenters. The number of benzene rings is 2. The Morgan fingerprint density at radius 3 is 2.63 bits per heavy atom. The first-order chi connectivity index (χ1) is 14.3. The van der Waals surface area contributed by atoms with Gasteiger partial charge in [0.15, 0.2) is 0 Å². The van der Waals surface area contributed by atoms with Crippen molar-refractivity contribution in [3.05, 3.63) is 71.6 Å². The normalized spacial score (nSPS) is 14.1. The first kappa shape index (κ1) is 21.7. The Morgan fingerprint density at radius 2 is 1.93 bits per heavy atom. The molecule has 160 valence electrons. The molecule has 0 aliphatic carbocycles. The van der Waals surface area contributed by atoms with E-state index in [1.807, 2.05) is 18.2 Å². The molecule has 1 aliphatic rings. The van der Waals surface area contributed by atoms with E-state index in [1.54, 1.807) is 20.8 Å². The van der Waals surface area contributed by atoms with Crippen molar-refractivity contribution in [3.8, 4) is 5.75 Å². The highest BCUT2D eigenvalue weighted by atomic mass is 19.1. The van der Waals surface area contributed by atoms with Gasteiger partial charge in [0.1, 0.15) is 18.0 Å². The largest absolute Gasteiger partial charge is 0.489 e. The molecule has 0 atom stereocenters. The molecule has 0 aromatic heterocycles. The fraction of sp³-hybridized carbons (Fsp3) is 0.375. The summed E-state index contributed by atoms with van der Waals surface area (Å²) in [6.07, 6.45) is 0.805. The van der Waals surface area contributed by atoms with Crippen molar-refractivity contribution in [2.75, 3.05) is 24.6 Å². The van der Waals surface area contributed by atoms with E-state index in [9.17, 15) is 9.18 Å². The van der Waals surface area contributed by atoms with E-state index < -0.39 is 11.7 Å². The lowest BCUT2D eigenvalue weighted by Crippen LogP contribution is -2.34. The molecule has 30 heavy (non-hydrogen) atoms. The van der Waals surface area contributed by atoms with Crippen LogP contribution in [0.25, 0.3) is 0 Å².